The van der Waals surface area contributed by atoms with E-state index in [1.54, 1.807) is 24.3 Å². The van der Waals surface area contributed by atoms with Crippen molar-refractivity contribution in [2.75, 3.05) is 6.61 Å². The monoisotopic (exact) mass is 290 g/mol. The van der Waals surface area contributed by atoms with Gasteiger partial charge in [0, 0.05) is 13.3 Å². The minimum atomic E-state index is -1.20. The standard InChI is InChI=1S/C14H14N2O5/c1-9(17)21-8-13(18)16-12(14(19)20)6-10-2-4-11(7-15)5-3-10/h2-5,12H,6,8H2,1H3,(H,16,18)(H,19,20)/t12-/m1/s1. The van der Waals surface area contributed by atoms with E-state index in [1.165, 1.54) is 0 Å². The lowest BCUT2D eigenvalue weighted by Crippen LogP contribution is -2.44. The molecule has 1 aromatic carbocycles. The number of carboxylic acid groups (broad SMARTS) is 1. The molecule has 0 aliphatic rings. The quantitative estimate of drug-likeness (QED) is 0.724. The Morgan fingerprint density at radius 3 is 2.43 bits per heavy atom. The van der Waals surface area contributed by atoms with Gasteiger partial charge in [-0.25, -0.2) is 4.79 Å². The molecule has 0 saturated heterocycles. The number of esters is 1. The molecule has 1 rings (SSSR count). The topological polar surface area (TPSA) is 116 Å². The first kappa shape index (κ1) is 16.2. The number of nitriles is 1. The highest BCUT2D eigenvalue weighted by Crippen LogP contribution is 2.06. The van der Waals surface area contributed by atoms with Gasteiger partial charge >= 0.3 is 11.9 Å². The first-order valence-corrected chi connectivity index (χ1v) is 6.07. The van der Waals surface area contributed by atoms with Crippen molar-refractivity contribution in [2.45, 2.75) is 19.4 Å². The van der Waals surface area contributed by atoms with Crippen LogP contribution in [-0.2, 0) is 25.5 Å². The van der Waals surface area contributed by atoms with Crippen LogP contribution in [0.2, 0.25) is 0 Å². The third-order valence-electron chi connectivity index (χ3n) is 2.56. The van der Waals surface area contributed by atoms with Crippen molar-refractivity contribution >= 4 is 17.8 Å². The Labute approximate surface area is 121 Å². The van der Waals surface area contributed by atoms with Crippen LogP contribution in [0.3, 0.4) is 0 Å². The van der Waals surface area contributed by atoms with Crippen molar-refractivity contribution in [1.82, 2.24) is 5.32 Å². The van der Waals surface area contributed by atoms with Crippen molar-refractivity contribution in [2.24, 2.45) is 0 Å². The molecule has 0 aliphatic heterocycles. The number of hydrogen-bond acceptors (Lipinski definition) is 5. The molecule has 2 N–H and O–H groups in total. The van der Waals surface area contributed by atoms with E-state index in [-0.39, 0.29) is 6.42 Å². The fourth-order valence-electron chi connectivity index (χ4n) is 1.55. The van der Waals surface area contributed by atoms with Gasteiger partial charge in [-0.3, -0.25) is 9.59 Å². The normalized spacial score (nSPS) is 11.0. The maximum absolute atomic E-state index is 11.5. The Kier molecular flexibility index (Phi) is 5.89. The maximum atomic E-state index is 11.5. The summed E-state index contributed by atoms with van der Waals surface area (Å²) >= 11 is 0. The summed E-state index contributed by atoms with van der Waals surface area (Å²) in [6.45, 7) is 0.630. The summed E-state index contributed by atoms with van der Waals surface area (Å²) in [6.07, 6.45) is 0.0624. The number of amides is 1. The minimum Gasteiger partial charge on any atom is -0.480 e. The van der Waals surface area contributed by atoms with E-state index in [0.717, 1.165) is 6.92 Å². The zero-order valence-corrected chi connectivity index (χ0v) is 11.3. The van der Waals surface area contributed by atoms with Crippen LogP contribution in [0.25, 0.3) is 0 Å². The zero-order chi connectivity index (χ0) is 15.8. The molecular weight excluding hydrogens is 276 g/mol. The Morgan fingerprint density at radius 2 is 1.95 bits per heavy atom. The Balaban J connectivity index is 2.65. The van der Waals surface area contributed by atoms with Crippen molar-refractivity contribution in [3.05, 3.63) is 35.4 Å². The molecule has 7 nitrogen and oxygen atoms in total. The summed E-state index contributed by atoms with van der Waals surface area (Å²) < 4.78 is 4.48. The van der Waals surface area contributed by atoms with Crippen LogP contribution in [0.15, 0.2) is 24.3 Å². The van der Waals surface area contributed by atoms with Crippen molar-refractivity contribution < 1.29 is 24.2 Å². The van der Waals surface area contributed by atoms with Crippen molar-refractivity contribution in [1.29, 1.82) is 5.26 Å². The van der Waals surface area contributed by atoms with E-state index in [0.29, 0.717) is 11.1 Å². The van der Waals surface area contributed by atoms with Crippen LogP contribution in [0.1, 0.15) is 18.1 Å². The van der Waals surface area contributed by atoms with E-state index in [9.17, 15) is 14.4 Å². The summed E-state index contributed by atoms with van der Waals surface area (Å²) in [5.74, 6) is -2.51. The Hall–Kier alpha value is -2.88. The molecule has 0 radical (unpaired) electrons. The number of rotatable bonds is 6. The van der Waals surface area contributed by atoms with Crippen LogP contribution in [-0.4, -0.2) is 35.6 Å². The van der Waals surface area contributed by atoms with E-state index in [2.05, 4.69) is 10.1 Å². The van der Waals surface area contributed by atoms with Gasteiger partial charge in [-0.15, -0.1) is 0 Å². The van der Waals surface area contributed by atoms with Gasteiger partial charge in [-0.05, 0) is 17.7 Å². The van der Waals surface area contributed by atoms with Crippen LogP contribution < -0.4 is 5.32 Å². The number of carbonyl (C=O) groups is 3. The predicted octanol–water partition coefficient (Wildman–Crippen LogP) is 0.233. The predicted molar refractivity (Wildman–Crippen MR) is 71.1 cm³/mol. The average molecular weight is 290 g/mol. The highest BCUT2D eigenvalue weighted by Gasteiger charge is 2.20. The second kappa shape index (κ2) is 7.65. The number of hydrogen-bond donors (Lipinski definition) is 2. The smallest absolute Gasteiger partial charge is 0.326 e. The number of nitrogens with one attached hydrogen (secondary N) is 1. The summed E-state index contributed by atoms with van der Waals surface area (Å²) in [5, 5.41) is 20.0. The minimum absolute atomic E-state index is 0.0624. The first-order chi connectivity index (χ1) is 9.92. The molecule has 0 heterocycles. The lowest BCUT2D eigenvalue weighted by molar-refractivity contribution is -0.148. The maximum Gasteiger partial charge on any atom is 0.326 e. The van der Waals surface area contributed by atoms with E-state index in [4.69, 9.17) is 10.4 Å². The molecule has 0 bridgehead atoms. The number of ether oxygens (including phenoxy) is 1. The third-order valence-corrected chi connectivity index (χ3v) is 2.56. The van der Waals surface area contributed by atoms with Gasteiger partial charge < -0.3 is 15.2 Å². The van der Waals surface area contributed by atoms with Crippen LogP contribution in [0.4, 0.5) is 0 Å². The summed E-state index contributed by atoms with van der Waals surface area (Å²) in [7, 11) is 0. The molecule has 0 fully saturated rings. The molecule has 7 heteroatoms. The van der Waals surface area contributed by atoms with E-state index in [1.807, 2.05) is 6.07 Å². The first-order valence-electron chi connectivity index (χ1n) is 6.07. The van der Waals surface area contributed by atoms with Crippen LogP contribution >= 0.6 is 0 Å². The number of carboxylic acids is 1. The molecule has 0 aliphatic carbocycles. The Bertz CT molecular complexity index is 574. The second-order valence-electron chi connectivity index (χ2n) is 4.25. The van der Waals surface area contributed by atoms with Crippen molar-refractivity contribution in [3.8, 4) is 6.07 Å². The van der Waals surface area contributed by atoms with Crippen molar-refractivity contribution in [3.63, 3.8) is 0 Å². The average Bonchev–Trinajstić information content (AvgIpc) is 2.45. The zero-order valence-electron chi connectivity index (χ0n) is 11.3. The molecule has 0 aromatic heterocycles. The summed E-state index contributed by atoms with van der Waals surface area (Å²) in [6, 6.07) is 7.18. The lowest BCUT2D eigenvalue weighted by Gasteiger charge is -2.14. The number of benzene rings is 1. The van der Waals surface area contributed by atoms with Crippen LogP contribution in [0, 0.1) is 11.3 Å². The molecule has 1 amide bonds. The molecule has 110 valence electrons. The molecule has 1 aromatic rings. The molecule has 0 saturated carbocycles. The van der Waals surface area contributed by atoms with Gasteiger partial charge in [-0.1, -0.05) is 12.1 Å². The number of aliphatic carboxylic acids is 1. The highest BCUT2D eigenvalue weighted by molar-refractivity contribution is 5.85. The molecule has 0 unspecified atom stereocenters. The summed E-state index contributed by atoms with van der Waals surface area (Å²) in [4.78, 5) is 33.2. The lowest BCUT2D eigenvalue weighted by atomic mass is 10.0. The molecule has 1 atom stereocenters. The van der Waals surface area contributed by atoms with E-state index < -0.39 is 30.5 Å². The van der Waals surface area contributed by atoms with Gasteiger partial charge in [0.25, 0.3) is 5.91 Å². The fourth-order valence-corrected chi connectivity index (χ4v) is 1.55. The van der Waals surface area contributed by atoms with Gasteiger partial charge in [0.1, 0.15) is 6.04 Å². The van der Waals surface area contributed by atoms with Gasteiger partial charge in [0.2, 0.25) is 0 Å². The van der Waals surface area contributed by atoms with Gasteiger partial charge in [0.05, 0.1) is 11.6 Å². The molecule has 21 heavy (non-hydrogen) atoms. The fraction of sp³-hybridized carbons (Fsp3) is 0.286. The molecular formula is C14H14N2O5. The SMILES string of the molecule is CC(=O)OCC(=O)N[C@H](Cc1ccc(C#N)cc1)C(=O)O. The molecule has 0 spiro atoms. The second-order valence-corrected chi connectivity index (χ2v) is 4.25. The third kappa shape index (κ3) is 5.74. The number of carbonyl (C=O) groups excluding carboxylic acids is 2. The number of nitrogens with zero attached hydrogens (tertiary/aromatic N) is 1. The van der Waals surface area contributed by atoms with Crippen LogP contribution in [0.5, 0.6) is 0 Å². The van der Waals surface area contributed by atoms with Gasteiger partial charge in [0.15, 0.2) is 6.61 Å². The van der Waals surface area contributed by atoms with Gasteiger partial charge in [-0.2, -0.15) is 5.26 Å². The highest BCUT2D eigenvalue weighted by atomic mass is 16.5. The summed E-state index contributed by atoms with van der Waals surface area (Å²) in [5.41, 5.74) is 1.12. The van der Waals surface area contributed by atoms with E-state index >= 15 is 0 Å². The Morgan fingerprint density at radius 1 is 1.33 bits per heavy atom. The largest absolute Gasteiger partial charge is 0.480 e.